The fourth-order valence-electron chi connectivity index (χ4n) is 1.66. The zero-order valence-electron chi connectivity index (χ0n) is 8.94. The van der Waals surface area contributed by atoms with Gasteiger partial charge in [0.15, 0.2) is 0 Å². The summed E-state index contributed by atoms with van der Waals surface area (Å²) in [6.07, 6.45) is 0.258. The zero-order valence-corrected chi connectivity index (χ0v) is 8.94. The Balaban J connectivity index is 3.62. The Kier molecular flexibility index (Phi) is 3.17. The first-order chi connectivity index (χ1) is 7.40. The van der Waals surface area contributed by atoms with Crippen molar-refractivity contribution in [3.05, 3.63) is 28.3 Å². The fourth-order valence-corrected chi connectivity index (χ4v) is 1.66. The Morgan fingerprint density at radius 3 is 2.19 bits per heavy atom. The second kappa shape index (κ2) is 4.22. The van der Waals surface area contributed by atoms with Crippen LogP contribution in [0, 0.1) is 6.92 Å². The van der Waals surface area contributed by atoms with E-state index in [0.717, 1.165) is 0 Å². The summed E-state index contributed by atoms with van der Waals surface area (Å²) in [6.45, 7) is 3.11. The topological polar surface area (TPSA) is 94.8 Å². The molecule has 0 atom stereocenters. The monoisotopic (exact) mass is 224 g/mol. The van der Waals surface area contributed by atoms with Crippen LogP contribution < -0.4 is 0 Å². The fraction of sp³-hybridized carbons (Fsp3) is 0.273. The largest absolute Gasteiger partial charge is 0.507 e. The standard InChI is InChI=1S/C11H12O5/c1-3-6-7(10(13)14)4-5(2)8(9(6)12)11(15)16/h4,12H,3H2,1-2H3,(H,13,14)(H,15,16). The van der Waals surface area contributed by atoms with Gasteiger partial charge in [-0.1, -0.05) is 6.92 Å². The van der Waals surface area contributed by atoms with E-state index in [0.29, 0.717) is 0 Å². The van der Waals surface area contributed by atoms with E-state index in [1.165, 1.54) is 13.0 Å². The number of benzene rings is 1. The Morgan fingerprint density at radius 1 is 1.25 bits per heavy atom. The number of aryl methyl sites for hydroxylation is 1. The van der Waals surface area contributed by atoms with Crippen LogP contribution in [0.2, 0.25) is 0 Å². The average molecular weight is 224 g/mol. The number of phenols is 1. The van der Waals surface area contributed by atoms with Crippen molar-refractivity contribution in [2.24, 2.45) is 0 Å². The summed E-state index contributed by atoms with van der Waals surface area (Å²) in [5.74, 6) is -2.89. The molecule has 16 heavy (non-hydrogen) atoms. The Hall–Kier alpha value is -2.04. The van der Waals surface area contributed by atoms with Crippen LogP contribution in [0.3, 0.4) is 0 Å². The highest BCUT2D eigenvalue weighted by Crippen LogP contribution is 2.29. The van der Waals surface area contributed by atoms with Gasteiger partial charge < -0.3 is 15.3 Å². The second-order valence-electron chi connectivity index (χ2n) is 3.41. The Bertz CT molecular complexity index is 462. The lowest BCUT2D eigenvalue weighted by Gasteiger charge is -2.11. The van der Waals surface area contributed by atoms with Crippen molar-refractivity contribution in [3.63, 3.8) is 0 Å². The summed E-state index contributed by atoms with van der Waals surface area (Å²) in [5, 5.41) is 27.5. The Labute approximate surface area is 92.0 Å². The number of aromatic carboxylic acids is 2. The molecule has 1 aromatic carbocycles. The summed E-state index contributed by atoms with van der Waals surface area (Å²) < 4.78 is 0. The predicted molar refractivity (Wildman–Crippen MR) is 56.1 cm³/mol. The molecule has 0 spiro atoms. The number of carbonyl (C=O) groups is 2. The van der Waals surface area contributed by atoms with Crippen molar-refractivity contribution in [3.8, 4) is 5.75 Å². The van der Waals surface area contributed by atoms with Gasteiger partial charge in [-0.05, 0) is 25.0 Å². The molecule has 0 fully saturated rings. The number of carboxylic acid groups (broad SMARTS) is 2. The number of rotatable bonds is 3. The van der Waals surface area contributed by atoms with Crippen molar-refractivity contribution < 1.29 is 24.9 Å². The molecular weight excluding hydrogens is 212 g/mol. The molecule has 0 bridgehead atoms. The van der Waals surface area contributed by atoms with Gasteiger partial charge in [0.05, 0.1) is 5.56 Å². The van der Waals surface area contributed by atoms with Crippen LogP contribution in [0.5, 0.6) is 5.75 Å². The first kappa shape index (κ1) is 12.0. The van der Waals surface area contributed by atoms with Gasteiger partial charge in [0.25, 0.3) is 0 Å². The molecule has 1 aromatic rings. The Morgan fingerprint density at radius 2 is 1.81 bits per heavy atom. The van der Waals surface area contributed by atoms with Crippen molar-refractivity contribution in [2.45, 2.75) is 20.3 Å². The van der Waals surface area contributed by atoms with Crippen molar-refractivity contribution in [1.82, 2.24) is 0 Å². The summed E-state index contributed by atoms with van der Waals surface area (Å²) in [4.78, 5) is 21.8. The van der Waals surface area contributed by atoms with Crippen LogP contribution in [-0.4, -0.2) is 27.3 Å². The van der Waals surface area contributed by atoms with Crippen molar-refractivity contribution in [1.29, 1.82) is 0 Å². The van der Waals surface area contributed by atoms with E-state index < -0.39 is 17.7 Å². The van der Waals surface area contributed by atoms with Crippen LogP contribution in [-0.2, 0) is 6.42 Å². The van der Waals surface area contributed by atoms with Gasteiger partial charge in [-0.3, -0.25) is 0 Å². The molecule has 0 aromatic heterocycles. The van der Waals surface area contributed by atoms with E-state index in [9.17, 15) is 14.7 Å². The van der Waals surface area contributed by atoms with Gasteiger partial charge in [-0.2, -0.15) is 0 Å². The average Bonchev–Trinajstić information content (AvgIpc) is 2.16. The molecule has 0 saturated heterocycles. The second-order valence-corrected chi connectivity index (χ2v) is 3.41. The first-order valence-electron chi connectivity index (χ1n) is 4.72. The molecule has 3 N–H and O–H groups in total. The van der Waals surface area contributed by atoms with Gasteiger partial charge in [0.1, 0.15) is 11.3 Å². The first-order valence-corrected chi connectivity index (χ1v) is 4.72. The van der Waals surface area contributed by atoms with Gasteiger partial charge in [-0.25, -0.2) is 9.59 Å². The van der Waals surface area contributed by atoms with Crippen LogP contribution in [0.25, 0.3) is 0 Å². The van der Waals surface area contributed by atoms with Crippen LogP contribution in [0.4, 0.5) is 0 Å². The minimum atomic E-state index is -1.26. The molecule has 0 saturated carbocycles. The SMILES string of the molecule is CCc1c(C(=O)O)cc(C)c(C(=O)O)c1O. The molecule has 0 heterocycles. The zero-order chi connectivity index (χ0) is 12.5. The summed E-state index contributed by atoms with van der Waals surface area (Å²) in [6, 6.07) is 1.27. The molecule has 0 unspecified atom stereocenters. The highest BCUT2D eigenvalue weighted by atomic mass is 16.4. The molecule has 0 aliphatic heterocycles. The maximum atomic E-state index is 10.9. The third-order valence-electron chi connectivity index (χ3n) is 2.40. The lowest BCUT2D eigenvalue weighted by atomic mass is 9.96. The van der Waals surface area contributed by atoms with Crippen molar-refractivity contribution >= 4 is 11.9 Å². The predicted octanol–water partition coefficient (Wildman–Crippen LogP) is 1.66. The maximum Gasteiger partial charge on any atom is 0.339 e. The maximum absolute atomic E-state index is 10.9. The molecule has 0 amide bonds. The van der Waals surface area contributed by atoms with E-state index in [1.807, 2.05) is 0 Å². The summed E-state index contributed by atoms with van der Waals surface area (Å²) >= 11 is 0. The molecule has 5 nitrogen and oxygen atoms in total. The minimum absolute atomic E-state index is 0.0532. The van der Waals surface area contributed by atoms with E-state index in [-0.39, 0.29) is 28.7 Å². The molecular formula is C11H12O5. The molecule has 86 valence electrons. The summed E-state index contributed by atoms with van der Waals surface area (Å²) in [5.41, 5.74) is 0.0967. The van der Waals surface area contributed by atoms with Crippen LogP contribution >= 0.6 is 0 Å². The third-order valence-corrected chi connectivity index (χ3v) is 2.40. The number of hydrogen-bond acceptors (Lipinski definition) is 3. The lowest BCUT2D eigenvalue weighted by Crippen LogP contribution is -2.08. The minimum Gasteiger partial charge on any atom is -0.507 e. The van der Waals surface area contributed by atoms with Gasteiger partial charge in [0.2, 0.25) is 0 Å². The summed E-state index contributed by atoms with van der Waals surface area (Å²) in [7, 11) is 0. The van der Waals surface area contributed by atoms with Crippen molar-refractivity contribution in [2.75, 3.05) is 0 Å². The number of carboxylic acids is 2. The lowest BCUT2D eigenvalue weighted by molar-refractivity contribution is 0.0676. The third kappa shape index (κ3) is 1.84. The van der Waals surface area contributed by atoms with E-state index in [2.05, 4.69) is 0 Å². The van der Waals surface area contributed by atoms with Gasteiger partial charge in [0, 0.05) is 5.56 Å². The molecule has 0 aliphatic rings. The molecule has 5 heteroatoms. The van der Waals surface area contributed by atoms with E-state index in [4.69, 9.17) is 10.2 Å². The van der Waals surface area contributed by atoms with Crippen LogP contribution in [0.15, 0.2) is 6.07 Å². The highest BCUT2D eigenvalue weighted by Gasteiger charge is 2.22. The molecule has 1 rings (SSSR count). The quantitative estimate of drug-likeness (QED) is 0.725. The molecule has 0 aliphatic carbocycles. The van der Waals surface area contributed by atoms with Gasteiger partial charge >= 0.3 is 11.9 Å². The molecule has 0 radical (unpaired) electrons. The van der Waals surface area contributed by atoms with Crippen LogP contribution in [0.1, 0.15) is 38.8 Å². The number of aromatic hydroxyl groups is 1. The van der Waals surface area contributed by atoms with E-state index in [1.54, 1.807) is 6.92 Å². The van der Waals surface area contributed by atoms with E-state index >= 15 is 0 Å². The smallest absolute Gasteiger partial charge is 0.339 e. The normalized spacial score (nSPS) is 10.1. The highest BCUT2D eigenvalue weighted by molar-refractivity contribution is 5.97. The number of hydrogen-bond donors (Lipinski definition) is 3. The van der Waals surface area contributed by atoms with Gasteiger partial charge in [-0.15, -0.1) is 0 Å².